The second-order valence-electron chi connectivity index (χ2n) is 8.18. The Labute approximate surface area is 193 Å². The third-order valence-electron chi connectivity index (χ3n) is 5.75. The number of para-hydroxylation sites is 2. The van der Waals surface area contributed by atoms with E-state index in [4.69, 9.17) is 4.74 Å². The van der Waals surface area contributed by atoms with Gasteiger partial charge in [-0.05, 0) is 81.3 Å². The van der Waals surface area contributed by atoms with Crippen LogP contribution in [-0.2, 0) is 0 Å². The monoisotopic (exact) mass is 441 g/mol. The fourth-order valence-electron chi connectivity index (χ4n) is 4.00. The first-order valence-electron chi connectivity index (χ1n) is 10.7. The predicted molar refractivity (Wildman–Crippen MR) is 132 cm³/mol. The standard InChI is InChI=1S/C28H27NO4/c1-17-15-18(2)28(26(32)16-17)33-27-14-6-5-9-23(27)29(21-10-7-12-24(30)19(21)3)22-11-8-13-25(31)20(22)4/h5-16,30-32H,1-4H3. The van der Waals surface area contributed by atoms with Gasteiger partial charge < -0.3 is 25.0 Å². The lowest BCUT2D eigenvalue weighted by atomic mass is 10.1. The van der Waals surface area contributed by atoms with E-state index in [-0.39, 0.29) is 17.2 Å². The lowest BCUT2D eigenvalue weighted by molar-refractivity contribution is 0.409. The van der Waals surface area contributed by atoms with Crippen molar-refractivity contribution in [1.82, 2.24) is 0 Å². The van der Waals surface area contributed by atoms with Gasteiger partial charge in [0.1, 0.15) is 11.5 Å². The van der Waals surface area contributed by atoms with Crippen molar-refractivity contribution in [2.24, 2.45) is 0 Å². The highest BCUT2D eigenvalue weighted by Gasteiger charge is 2.23. The Hall–Kier alpha value is -4.12. The van der Waals surface area contributed by atoms with Gasteiger partial charge in [0.25, 0.3) is 0 Å². The maximum atomic E-state index is 10.6. The van der Waals surface area contributed by atoms with E-state index >= 15 is 0 Å². The first-order chi connectivity index (χ1) is 15.8. The summed E-state index contributed by atoms with van der Waals surface area (Å²) in [5.41, 5.74) is 5.30. The van der Waals surface area contributed by atoms with E-state index < -0.39 is 0 Å². The van der Waals surface area contributed by atoms with E-state index in [2.05, 4.69) is 0 Å². The number of anilines is 3. The number of ether oxygens (including phenoxy) is 1. The van der Waals surface area contributed by atoms with Gasteiger partial charge >= 0.3 is 0 Å². The quantitative estimate of drug-likeness (QED) is 0.303. The summed E-state index contributed by atoms with van der Waals surface area (Å²) in [6, 6.07) is 21.8. The molecule has 0 atom stereocenters. The number of aryl methyl sites for hydroxylation is 2. The molecule has 0 bridgehead atoms. The number of rotatable bonds is 5. The molecule has 0 aliphatic carbocycles. The molecule has 0 fully saturated rings. The molecule has 4 aromatic carbocycles. The zero-order valence-corrected chi connectivity index (χ0v) is 19.1. The molecule has 3 N–H and O–H groups in total. The van der Waals surface area contributed by atoms with Crippen molar-refractivity contribution in [2.75, 3.05) is 4.90 Å². The van der Waals surface area contributed by atoms with E-state index in [1.54, 1.807) is 30.3 Å². The zero-order chi connectivity index (χ0) is 23.7. The molecule has 168 valence electrons. The minimum Gasteiger partial charge on any atom is -0.508 e. The van der Waals surface area contributed by atoms with Gasteiger partial charge in [-0.1, -0.05) is 30.3 Å². The molecule has 0 aliphatic heterocycles. The van der Waals surface area contributed by atoms with Gasteiger partial charge in [0.05, 0.1) is 17.1 Å². The van der Waals surface area contributed by atoms with Gasteiger partial charge in [-0.25, -0.2) is 0 Å². The molecule has 4 aromatic rings. The number of phenols is 3. The molecule has 0 heterocycles. The Balaban J connectivity index is 1.95. The fourth-order valence-corrected chi connectivity index (χ4v) is 4.00. The summed E-state index contributed by atoms with van der Waals surface area (Å²) in [5.74, 6) is 1.30. The Morgan fingerprint density at radius 1 is 0.606 bits per heavy atom. The van der Waals surface area contributed by atoms with Crippen LogP contribution in [0.3, 0.4) is 0 Å². The van der Waals surface area contributed by atoms with E-state index in [1.807, 2.05) is 75.1 Å². The van der Waals surface area contributed by atoms with Crippen molar-refractivity contribution < 1.29 is 20.1 Å². The maximum Gasteiger partial charge on any atom is 0.172 e. The summed E-state index contributed by atoms with van der Waals surface area (Å²) in [5, 5.41) is 31.4. The van der Waals surface area contributed by atoms with Crippen LogP contribution in [0.2, 0.25) is 0 Å². The average Bonchev–Trinajstić information content (AvgIpc) is 2.77. The van der Waals surface area contributed by atoms with Crippen LogP contribution in [0.25, 0.3) is 0 Å². The van der Waals surface area contributed by atoms with Crippen LogP contribution in [0.4, 0.5) is 17.1 Å². The highest BCUT2D eigenvalue weighted by atomic mass is 16.5. The minimum absolute atomic E-state index is 0.0657. The van der Waals surface area contributed by atoms with Crippen molar-refractivity contribution >= 4 is 17.1 Å². The number of hydrogen-bond acceptors (Lipinski definition) is 5. The molecule has 0 aromatic heterocycles. The molecule has 0 aliphatic rings. The van der Waals surface area contributed by atoms with Crippen molar-refractivity contribution in [1.29, 1.82) is 0 Å². The summed E-state index contributed by atoms with van der Waals surface area (Å²) in [7, 11) is 0. The van der Waals surface area contributed by atoms with Crippen LogP contribution in [0.5, 0.6) is 28.7 Å². The third-order valence-corrected chi connectivity index (χ3v) is 5.75. The Bertz CT molecular complexity index is 1260. The third kappa shape index (κ3) is 4.17. The predicted octanol–water partition coefficient (Wildman–Crippen LogP) is 7.30. The molecule has 0 amide bonds. The van der Waals surface area contributed by atoms with Crippen molar-refractivity contribution in [3.63, 3.8) is 0 Å². The van der Waals surface area contributed by atoms with Crippen LogP contribution in [0, 0.1) is 27.7 Å². The molecule has 0 radical (unpaired) electrons. The maximum absolute atomic E-state index is 10.6. The SMILES string of the molecule is Cc1cc(C)c(Oc2ccccc2N(c2cccc(O)c2C)c2cccc(O)c2C)c(O)c1. The lowest BCUT2D eigenvalue weighted by Gasteiger charge is -2.30. The van der Waals surface area contributed by atoms with E-state index in [0.29, 0.717) is 28.3 Å². The van der Waals surface area contributed by atoms with Gasteiger partial charge in [-0.15, -0.1) is 0 Å². The van der Waals surface area contributed by atoms with Gasteiger partial charge in [0.2, 0.25) is 0 Å². The van der Waals surface area contributed by atoms with Crippen molar-refractivity contribution in [3.8, 4) is 28.7 Å². The zero-order valence-electron chi connectivity index (χ0n) is 19.1. The lowest BCUT2D eigenvalue weighted by Crippen LogP contribution is -2.13. The number of hydrogen-bond donors (Lipinski definition) is 3. The highest BCUT2D eigenvalue weighted by Crippen LogP contribution is 2.47. The summed E-state index contributed by atoms with van der Waals surface area (Å²) < 4.78 is 6.27. The second kappa shape index (κ2) is 8.79. The van der Waals surface area contributed by atoms with Crippen LogP contribution in [0.1, 0.15) is 22.3 Å². The normalized spacial score (nSPS) is 10.8. The molecule has 5 heteroatoms. The number of phenolic OH excluding ortho intramolecular Hbond substituents is 3. The first-order valence-corrected chi connectivity index (χ1v) is 10.7. The topological polar surface area (TPSA) is 73.2 Å². The molecule has 5 nitrogen and oxygen atoms in total. The molecule has 33 heavy (non-hydrogen) atoms. The molecule has 0 saturated heterocycles. The van der Waals surface area contributed by atoms with Gasteiger partial charge in [-0.2, -0.15) is 0 Å². The van der Waals surface area contributed by atoms with Crippen LogP contribution in [-0.4, -0.2) is 15.3 Å². The van der Waals surface area contributed by atoms with Crippen LogP contribution in [0.15, 0.2) is 72.8 Å². The van der Waals surface area contributed by atoms with E-state index in [9.17, 15) is 15.3 Å². The molecule has 0 spiro atoms. The summed E-state index contributed by atoms with van der Waals surface area (Å²) in [6.45, 7) is 7.49. The minimum atomic E-state index is 0.0657. The average molecular weight is 442 g/mol. The van der Waals surface area contributed by atoms with Crippen LogP contribution >= 0.6 is 0 Å². The number of aromatic hydroxyl groups is 3. The smallest absolute Gasteiger partial charge is 0.172 e. The molecule has 0 saturated carbocycles. The summed E-state index contributed by atoms with van der Waals surface area (Å²) in [4.78, 5) is 1.94. The van der Waals surface area contributed by atoms with Crippen LogP contribution < -0.4 is 9.64 Å². The van der Waals surface area contributed by atoms with E-state index in [0.717, 1.165) is 22.5 Å². The number of nitrogens with zero attached hydrogens (tertiary/aromatic N) is 1. The Kier molecular flexibility index (Phi) is 5.88. The van der Waals surface area contributed by atoms with Crippen molar-refractivity contribution in [2.45, 2.75) is 27.7 Å². The molecular formula is C28H27NO4. The Morgan fingerprint density at radius 2 is 1.15 bits per heavy atom. The summed E-state index contributed by atoms with van der Waals surface area (Å²) >= 11 is 0. The van der Waals surface area contributed by atoms with Gasteiger partial charge in [0, 0.05) is 11.1 Å². The van der Waals surface area contributed by atoms with Gasteiger partial charge in [-0.3, -0.25) is 0 Å². The summed E-state index contributed by atoms with van der Waals surface area (Å²) in [6.07, 6.45) is 0. The van der Waals surface area contributed by atoms with Crippen molar-refractivity contribution in [3.05, 3.63) is 95.1 Å². The van der Waals surface area contributed by atoms with Gasteiger partial charge in [0.15, 0.2) is 17.2 Å². The molecule has 4 rings (SSSR count). The van der Waals surface area contributed by atoms with E-state index in [1.165, 1.54) is 0 Å². The number of benzene rings is 4. The second-order valence-corrected chi connectivity index (χ2v) is 8.18. The Morgan fingerprint density at radius 3 is 1.73 bits per heavy atom. The molecule has 0 unspecified atom stereocenters. The largest absolute Gasteiger partial charge is 0.508 e. The first kappa shape index (κ1) is 22.1. The highest BCUT2D eigenvalue weighted by molar-refractivity contribution is 5.84. The molecular weight excluding hydrogens is 414 g/mol. The fraction of sp³-hybridized carbons (Fsp3) is 0.143.